The van der Waals surface area contributed by atoms with Crippen LogP contribution >= 0.6 is 0 Å². The maximum absolute atomic E-state index is 13.6. The fourth-order valence-corrected chi connectivity index (χ4v) is 3.42. The van der Waals surface area contributed by atoms with Gasteiger partial charge in [0.1, 0.15) is 5.82 Å². The maximum atomic E-state index is 13.6. The summed E-state index contributed by atoms with van der Waals surface area (Å²) in [7, 11) is -2.20. The molecule has 0 fully saturated rings. The van der Waals surface area contributed by atoms with E-state index in [1.165, 1.54) is 23.5 Å². The van der Waals surface area contributed by atoms with Crippen molar-refractivity contribution in [2.24, 2.45) is 0 Å². The standard InChI is InChI=1S/C17H20FNO2S/c1-12-5-7-15(14(3)9-12)11-19(4)22(20,21)16-8-6-13(2)17(18)10-16/h5-10H,11H2,1-4H3. The first-order chi connectivity index (χ1) is 10.2. The fourth-order valence-electron chi connectivity index (χ4n) is 2.26. The number of hydrogen-bond donors (Lipinski definition) is 0. The van der Waals surface area contributed by atoms with Crippen molar-refractivity contribution in [3.05, 3.63) is 64.5 Å². The quantitative estimate of drug-likeness (QED) is 0.863. The summed E-state index contributed by atoms with van der Waals surface area (Å²) in [5.41, 5.74) is 3.53. The van der Waals surface area contributed by atoms with Crippen LogP contribution in [0.15, 0.2) is 41.3 Å². The van der Waals surface area contributed by atoms with Crippen molar-refractivity contribution < 1.29 is 12.8 Å². The summed E-state index contributed by atoms with van der Waals surface area (Å²) < 4.78 is 39.9. The van der Waals surface area contributed by atoms with Crippen LogP contribution < -0.4 is 0 Å². The van der Waals surface area contributed by atoms with Gasteiger partial charge < -0.3 is 0 Å². The Hall–Kier alpha value is -1.72. The number of benzene rings is 2. The molecule has 0 saturated heterocycles. The second-order valence-electron chi connectivity index (χ2n) is 5.60. The van der Waals surface area contributed by atoms with Crippen LogP contribution in [0.4, 0.5) is 4.39 Å². The Morgan fingerprint density at radius 3 is 2.27 bits per heavy atom. The highest BCUT2D eigenvalue weighted by molar-refractivity contribution is 7.89. The molecule has 0 heterocycles. The van der Waals surface area contributed by atoms with Crippen LogP contribution in [0.1, 0.15) is 22.3 Å². The van der Waals surface area contributed by atoms with E-state index in [-0.39, 0.29) is 11.4 Å². The molecule has 0 radical (unpaired) electrons. The molecule has 0 amide bonds. The Bertz CT molecular complexity index is 800. The summed E-state index contributed by atoms with van der Waals surface area (Å²) in [4.78, 5) is -0.0251. The molecule has 0 N–H and O–H groups in total. The zero-order valence-electron chi connectivity index (χ0n) is 13.2. The monoisotopic (exact) mass is 321 g/mol. The summed E-state index contributed by atoms with van der Waals surface area (Å²) in [5.74, 6) is -0.513. The number of aryl methyl sites for hydroxylation is 3. The first kappa shape index (κ1) is 16.6. The Morgan fingerprint density at radius 2 is 1.68 bits per heavy atom. The zero-order valence-corrected chi connectivity index (χ0v) is 14.0. The van der Waals surface area contributed by atoms with Gasteiger partial charge in [0.2, 0.25) is 10.0 Å². The lowest BCUT2D eigenvalue weighted by Crippen LogP contribution is -2.27. The van der Waals surface area contributed by atoms with Gasteiger partial charge in [-0.3, -0.25) is 0 Å². The van der Waals surface area contributed by atoms with Crippen LogP contribution in [-0.2, 0) is 16.6 Å². The third-order valence-electron chi connectivity index (χ3n) is 3.74. The van der Waals surface area contributed by atoms with E-state index in [1.54, 1.807) is 6.92 Å². The van der Waals surface area contributed by atoms with E-state index in [1.807, 2.05) is 32.0 Å². The third-order valence-corrected chi connectivity index (χ3v) is 5.54. The van der Waals surface area contributed by atoms with Crippen molar-refractivity contribution in [3.8, 4) is 0 Å². The molecule has 0 aliphatic rings. The first-order valence-electron chi connectivity index (χ1n) is 7.00. The van der Waals surface area contributed by atoms with E-state index in [4.69, 9.17) is 0 Å². The second-order valence-corrected chi connectivity index (χ2v) is 7.65. The highest BCUT2D eigenvalue weighted by Crippen LogP contribution is 2.20. The van der Waals surface area contributed by atoms with Gasteiger partial charge in [0, 0.05) is 13.6 Å². The zero-order chi connectivity index (χ0) is 16.5. The molecule has 2 rings (SSSR count). The highest BCUT2D eigenvalue weighted by atomic mass is 32.2. The molecule has 5 heteroatoms. The summed E-state index contributed by atoms with van der Waals surface area (Å²) in [6, 6.07) is 9.88. The molecule has 0 spiro atoms. The average Bonchev–Trinajstić information content (AvgIpc) is 2.44. The molecule has 0 aromatic heterocycles. The lowest BCUT2D eigenvalue weighted by molar-refractivity contribution is 0.465. The lowest BCUT2D eigenvalue weighted by atomic mass is 10.1. The molecule has 3 nitrogen and oxygen atoms in total. The maximum Gasteiger partial charge on any atom is 0.243 e. The average molecular weight is 321 g/mol. The van der Waals surface area contributed by atoms with Crippen LogP contribution in [0.25, 0.3) is 0 Å². The molecule has 22 heavy (non-hydrogen) atoms. The predicted molar refractivity (Wildman–Crippen MR) is 85.7 cm³/mol. The molecule has 0 bridgehead atoms. The molecule has 0 aliphatic carbocycles. The Balaban J connectivity index is 2.30. The van der Waals surface area contributed by atoms with Gasteiger partial charge in [0.15, 0.2) is 0 Å². The minimum Gasteiger partial charge on any atom is -0.207 e. The van der Waals surface area contributed by atoms with Gasteiger partial charge >= 0.3 is 0 Å². The van der Waals surface area contributed by atoms with Gasteiger partial charge in [-0.05, 0) is 49.6 Å². The number of hydrogen-bond acceptors (Lipinski definition) is 2. The summed E-state index contributed by atoms with van der Waals surface area (Å²) in [5, 5.41) is 0. The Morgan fingerprint density at radius 1 is 1.00 bits per heavy atom. The van der Waals surface area contributed by atoms with Crippen molar-refractivity contribution in [1.29, 1.82) is 0 Å². The number of sulfonamides is 1. The van der Waals surface area contributed by atoms with E-state index >= 15 is 0 Å². The Labute approximate surface area is 131 Å². The summed E-state index contributed by atoms with van der Waals surface area (Å²) in [6.07, 6.45) is 0. The molecular formula is C17H20FNO2S. The Kier molecular flexibility index (Phi) is 4.68. The van der Waals surface area contributed by atoms with E-state index in [0.29, 0.717) is 5.56 Å². The van der Waals surface area contributed by atoms with Crippen LogP contribution in [-0.4, -0.2) is 19.8 Å². The van der Waals surface area contributed by atoms with Gasteiger partial charge in [-0.2, -0.15) is 4.31 Å². The summed E-state index contributed by atoms with van der Waals surface area (Å²) >= 11 is 0. The number of nitrogens with zero attached hydrogens (tertiary/aromatic N) is 1. The van der Waals surface area contributed by atoms with E-state index in [9.17, 15) is 12.8 Å². The minimum absolute atomic E-state index is 0.0251. The van der Waals surface area contributed by atoms with Gasteiger partial charge in [-0.25, -0.2) is 12.8 Å². The number of rotatable bonds is 4. The van der Waals surface area contributed by atoms with Gasteiger partial charge in [-0.15, -0.1) is 0 Å². The van der Waals surface area contributed by atoms with Gasteiger partial charge in [-0.1, -0.05) is 29.8 Å². The summed E-state index contributed by atoms with van der Waals surface area (Å²) in [6.45, 7) is 5.80. The SMILES string of the molecule is Cc1ccc(CN(C)S(=O)(=O)c2ccc(C)c(F)c2)c(C)c1. The first-order valence-corrected chi connectivity index (χ1v) is 8.44. The van der Waals surface area contributed by atoms with Crippen LogP contribution in [0, 0.1) is 26.6 Å². The fraction of sp³-hybridized carbons (Fsp3) is 0.294. The van der Waals surface area contributed by atoms with Gasteiger partial charge in [0.05, 0.1) is 4.90 Å². The second kappa shape index (κ2) is 6.18. The van der Waals surface area contributed by atoms with Crippen molar-refractivity contribution in [2.75, 3.05) is 7.05 Å². The molecule has 118 valence electrons. The topological polar surface area (TPSA) is 37.4 Å². The molecular weight excluding hydrogens is 301 g/mol. The van der Waals surface area contributed by atoms with Crippen LogP contribution in [0.2, 0.25) is 0 Å². The highest BCUT2D eigenvalue weighted by Gasteiger charge is 2.22. The molecule has 2 aromatic carbocycles. The number of halogens is 1. The largest absolute Gasteiger partial charge is 0.243 e. The predicted octanol–water partition coefficient (Wildman–Crippen LogP) is 3.57. The van der Waals surface area contributed by atoms with Gasteiger partial charge in [0.25, 0.3) is 0 Å². The molecule has 0 unspecified atom stereocenters. The van der Waals surface area contributed by atoms with Crippen molar-refractivity contribution >= 4 is 10.0 Å². The van der Waals surface area contributed by atoms with Crippen molar-refractivity contribution in [1.82, 2.24) is 4.31 Å². The van der Waals surface area contributed by atoms with E-state index in [0.717, 1.165) is 22.8 Å². The smallest absolute Gasteiger partial charge is 0.207 e. The minimum atomic E-state index is -3.71. The lowest BCUT2D eigenvalue weighted by Gasteiger charge is -2.19. The normalized spacial score (nSPS) is 11.9. The molecule has 0 atom stereocenters. The van der Waals surface area contributed by atoms with Crippen LogP contribution in [0.3, 0.4) is 0 Å². The van der Waals surface area contributed by atoms with Crippen LogP contribution in [0.5, 0.6) is 0 Å². The van der Waals surface area contributed by atoms with E-state index < -0.39 is 15.8 Å². The van der Waals surface area contributed by atoms with Crippen molar-refractivity contribution in [3.63, 3.8) is 0 Å². The molecule has 0 aliphatic heterocycles. The van der Waals surface area contributed by atoms with E-state index in [2.05, 4.69) is 0 Å². The molecule has 2 aromatic rings. The molecule has 0 saturated carbocycles. The van der Waals surface area contributed by atoms with Crippen molar-refractivity contribution in [2.45, 2.75) is 32.2 Å². The third kappa shape index (κ3) is 3.36.